The van der Waals surface area contributed by atoms with Gasteiger partial charge >= 0.3 is 5.97 Å². The van der Waals surface area contributed by atoms with E-state index in [1.807, 2.05) is 0 Å². The van der Waals surface area contributed by atoms with Crippen molar-refractivity contribution in [2.45, 2.75) is 0 Å². The van der Waals surface area contributed by atoms with Gasteiger partial charge in [0.2, 0.25) is 10.5 Å². The van der Waals surface area contributed by atoms with Crippen molar-refractivity contribution in [3.05, 3.63) is 15.9 Å². The van der Waals surface area contributed by atoms with E-state index in [9.17, 15) is 13.2 Å². The average Bonchev–Trinajstić information content (AvgIpc) is 2.55. The van der Waals surface area contributed by atoms with Crippen molar-refractivity contribution >= 4 is 33.0 Å². The maximum Gasteiger partial charge on any atom is 0.360 e. The average molecular weight is 293 g/mol. The number of aromatic nitrogens is 1. The molecule has 1 aromatic rings. The summed E-state index contributed by atoms with van der Waals surface area (Å²) < 4.78 is 26.9. The van der Waals surface area contributed by atoms with Gasteiger partial charge in [-0.25, -0.2) is 13.2 Å². The molecule has 0 saturated carbocycles. The Labute approximate surface area is 107 Å². The number of oxime groups is 1. The molecular formula is C8H11N3O5S2. The molecule has 1 heterocycles. The maximum absolute atomic E-state index is 11.0. The number of nitrogens with zero attached hydrogens (tertiary/aromatic N) is 3. The molecule has 0 fully saturated rings. The molecule has 0 saturated heterocycles. The van der Waals surface area contributed by atoms with Crippen molar-refractivity contribution in [3.8, 4) is 0 Å². The number of aliphatic carboxylic acids is 1. The molecule has 0 unspecified atom stereocenters. The van der Waals surface area contributed by atoms with Crippen LogP contribution in [0.5, 0.6) is 0 Å². The van der Waals surface area contributed by atoms with E-state index in [4.69, 9.17) is 5.11 Å². The van der Waals surface area contributed by atoms with Crippen LogP contribution in [0.25, 0.3) is 0 Å². The minimum Gasteiger partial charge on any atom is -0.476 e. The lowest BCUT2D eigenvalue weighted by molar-refractivity contribution is -0.129. The molecule has 0 aliphatic rings. The summed E-state index contributed by atoms with van der Waals surface area (Å²) in [5.74, 6) is -1.28. The number of sulfonamides is 1. The lowest BCUT2D eigenvalue weighted by Gasteiger charge is -2.01. The summed E-state index contributed by atoms with van der Waals surface area (Å²) in [5.41, 5.74) is -0.122. The Kier molecular flexibility index (Phi) is 4.24. The number of rotatable bonds is 4. The summed E-state index contributed by atoms with van der Waals surface area (Å²) in [7, 11) is -0.839. The highest BCUT2D eigenvalue weighted by molar-refractivity contribution is 7.89. The van der Waals surface area contributed by atoms with Gasteiger partial charge in [0.05, 0.1) is 11.9 Å². The second kappa shape index (κ2) is 5.31. The third kappa shape index (κ3) is 3.40. The molecular weight excluding hydrogens is 282 g/mol. The predicted molar refractivity (Wildman–Crippen MR) is 64.9 cm³/mol. The van der Waals surface area contributed by atoms with Crippen molar-refractivity contribution < 1.29 is 23.2 Å². The monoisotopic (exact) mass is 293 g/mol. The molecule has 0 spiro atoms. The molecule has 8 nitrogen and oxygen atoms in total. The normalized spacial score (nSPS) is 13.7. The summed E-state index contributed by atoms with van der Waals surface area (Å²) in [6, 6.07) is 0. The second-order valence-electron chi connectivity index (χ2n) is 3.21. The fourth-order valence-electron chi connectivity index (χ4n) is 1.10. The van der Waals surface area contributed by atoms with E-state index in [1.54, 1.807) is 0 Å². The molecule has 1 N–H and O–H groups in total. The fraction of sp³-hybridized carbons (Fsp3) is 0.375. The first-order chi connectivity index (χ1) is 8.26. The Morgan fingerprint density at radius 3 is 2.61 bits per heavy atom. The minimum absolute atomic E-state index is 0.151. The van der Waals surface area contributed by atoms with Crippen LogP contribution < -0.4 is 4.80 Å². The Morgan fingerprint density at radius 1 is 1.56 bits per heavy atom. The summed E-state index contributed by atoms with van der Waals surface area (Å²) >= 11 is 0.992. The Bertz CT molecular complexity index is 653. The number of carbonyl (C=O) groups is 1. The number of hydrogen-bond acceptors (Lipinski definition) is 6. The van der Waals surface area contributed by atoms with Gasteiger partial charge in [-0.05, 0) is 0 Å². The predicted octanol–water partition coefficient (Wildman–Crippen LogP) is -0.618. The number of thiazole rings is 1. The zero-order valence-electron chi connectivity index (χ0n) is 9.82. The molecule has 0 atom stereocenters. The minimum atomic E-state index is -3.55. The van der Waals surface area contributed by atoms with Gasteiger partial charge in [0.1, 0.15) is 7.11 Å². The highest BCUT2D eigenvalue weighted by atomic mass is 32.2. The van der Waals surface area contributed by atoms with Crippen molar-refractivity contribution in [2.24, 2.45) is 16.6 Å². The van der Waals surface area contributed by atoms with Crippen molar-refractivity contribution in [1.82, 2.24) is 4.57 Å². The standard InChI is InChI=1S/C8H11N3O5S2/c1-11-5(6(7(12)13)9-16-2)4-17-8(11)10-18(3,14)15/h4H,1-3H3,(H,12,13)/b9-6+,10-8?. The molecule has 0 amide bonds. The SMILES string of the molecule is CO/N=C(/C(=O)O)c1csc(=NS(C)(=O)=O)n1C. The van der Waals surface area contributed by atoms with Crippen molar-refractivity contribution in [1.29, 1.82) is 0 Å². The molecule has 0 aliphatic heterocycles. The number of carboxylic acid groups (broad SMARTS) is 1. The lowest BCUT2D eigenvalue weighted by atomic mass is 10.3. The Balaban J connectivity index is 3.44. The van der Waals surface area contributed by atoms with Gasteiger partial charge in [0.25, 0.3) is 10.0 Å². The second-order valence-corrected chi connectivity index (χ2v) is 5.70. The topological polar surface area (TPSA) is 110 Å². The van der Waals surface area contributed by atoms with Crippen LogP contribution in [0, 0.1) is 0 Å². The van der Waals surface area contributed by atoms with E-state index < -0.39 is 16.0 Å². The third-order valence-electron chi connectivity index (χ3n) is 1.80. The highest BCUT2D eigenvalue weighted by Gasteiger charge is 2.18. The van der Waals surface area contributed by atoms with Crippen LogP contribution in [0.15, 0.2) is 14.9 Å². The molecule has 10 heteroatoms. The summed E-state index contributed by atoms with van der Waals surface area (Å²) in [6.45, 7) is 0. The van der Waals surface area contributed by atoms with Gasteiger partial charge in [-0.1, -0.05) is 5.16 Å². The van der Waals surface area contributed by atoms with E-state index >= 15 is 0 Å². The molecule has 0 radical (unpaired) electrons. The van der Waals surface area contributed by atoms with Crippen LogP contribution in [-0.4, -0.2) is 43.1 Å². The summed E-state index contributed by atoms with van der Waals surface area (Å²) in [6.07, 6.45) is 0.952. The van der Waals surface area contributed by atoms with E-state index in [2.05, 4.69) is 14.4 Å². The van der Waals surface area contributed by atoms with Crippen LogP contribution in [0.1, 0.15) is 5.69 Å². The number of carboxylic acids is 1. The fourth-order valence-corrected chi connectivity index (χ4v) is 2.82. The Hall–Kier alpha value is -1.68. The molecule has 0 aromatic carbocycles. The van der Waals surface area contributed by atoms with E-state index in [0.717, 1.165) is 17.6 Å². The Morgan fingerprint density at radius 2 is 2.17 bits per heavy atom. The lowest BCUT2D eigenvalue weighted by Crippen LogP contribution is -2.23. The van der Waals surface area contributed by atoms with Crippen molar-refractivity contribution in [2.75, 3.05) is 13.4 Å². The molecule has 18 heavy (non-hydrogen) atoms. The smallest absolute Gasteiger partial charge is 0.360 e. The number of hydrogen-bond donors (Lipinski definition) is 1. The quantitative estimate of drug-likeness (QED) is 0.587. The zero-order valence-corrected chi connectivity index (χ0v) is 11.4. The van der Waals surface area contributed by atoms with E-state index in [0.29, 0.717) is 0 Å². The molecule has 1 aromatic heterocycles. The van der Waals surface area contributed by atoms with Crippen molar-refractivity contribution in [3.63, 3.8) is 0 Å². The van der Waals surface area contributed by atoms with Crippen LogP contribution in [0.4, 0.5) is 0 Å². The van der Waals surface area contributed by atoms with Gasteiger partial charge in [-0.2, -0.15) is 0 Å². The molecule has 1 rings (SSSR count). The van der Waals surface area contributed by atoms with Crippen LogP contribution in [0.3, 0.4) is 0 Å². The third-order valence-corrected chi connectivity index (χ3v) is 3.33. The van der Waals surface area contributed by atoms with Crippen LogP contribution >= 0.6 is 11.3 Å². The van der Waals surface area contributed by atoms with Gasteiger partial charge in [-0.3, -0.25) is 0 Å². The van der Waals surface area contributed by atoms with Crippen LogP contribution in [0.2, 0.25) is 0 Å². The summed E-state index contributed by atoms with van der Waals surface area (Å²) in [5, 5.41) is 13.8. The molecule has 100 valence electrons. The highest BCUT2D eigenvalue weighted by Crippen LogP contribution is 2.04. The van der Waals surface area contributed by atoms with E-state index in [1.165, 1.54) is 24.1 Å². The molecule has 0 aliphatic carbocycles. The van der Waals surface area contributed by atoms with Gasteiger partial charge in [0, 0.05) is 12.4 Å². The first-order valence-electron chi connectivity index (χ1n) is 4.51. The van der Waals surface area contributed by atoms with E-state index in [-0.39, 0.29) is 16.2 Å². The first kappa shape index (κ1) is 14.4. The van der Waals surface area contributed by atoms with Gasteiger partial charge in [-0.15, -0.1) is 15.7 Å². The van der Waals surface area contributed by atoms with Gasteiger partial charge in [0.15, 0.2) is 0 Å². The van der Waals surface area contributed by atoms with Crippen LogP contribution in [-0.2, 0) is 26.7 Å². The van der Waals surface area contributed by atoms with Gasteiger partial charge < -0.3 is 14.5 Å². The zero-order chi connectivity index (χ0) is 13.9. The maximum atomic E-state index is 11.0. The largest absolute Gasteiger partial charge is 0.476 e. The first-order valence-corrected chi connectivity index (χ1v) is 7.24. The summed E-state index contributed by atoms with van der Waals surface area (Å²) in [4.78, 5) is 15.6. The molecule has 0 bridgehead atoms.